The predicted molar refractivity (Wildman–Crippen MR) is 132 cm³/mol. The highest BCUT2D eigenvalue weighted by molar-refractivity contribution is 6.30. The van der Waals surface area contributed by atoms with Gasteiger partial charge in [0, 0.05) is 41.6 Å². The van der Waals surface area contributed by atoms with Gasteiger partial charge in [-0.1, -0.05) is 54.8 Å². The molecule has 1 aliphatic carbocycles. The molecule has 1 heterocycles. The molecular formula is C26H29ClN4O2. The summed E-state index contributed by atoms with van der Waals surface area (Å²) >= 11 is 5.91. The molecule has 33 heavy (non-hydrogen) atoms. The summed E-state index contributed by atoms with van der Waals surface area (Å²) in [7, 11) is 0. The molecule has 172 valence electrons. The van der Waals surface area contributed by atoms with Gasteiger partial charge >= 0.3 is 6.03 Å². The molecule has 0 spiro atoms. The lowest BCUT2D eigenvalue weighted by atomic mass is 10.1. The number of rotatable bonds is 7. The molecule has 6 nitrogen and oxygen atoms in total. The van der Waals surface area contributed by atoms with Gasteiger partial charge in [0.05, 0.1) is 0 Å². The number of anilines is 1. The van der Waals surface area contributed by atoms with Crippen molar-refractivity contribution >= 4 is 29.2 Å². The maximum absolute atomic E-state index is 13.1. The number of halogens is 1. The van der Waals surface area contributed by atoms with E-state index in [1.165, 1.54) is 25.7 Å². The van der Waals surface area contributed by atoms with Crippen LogP contribution in [0.1, 0.15) is 31.2 Å². The van der Waals surface area contributed by atoms with Crippen molar-refractivity contribution in [1.29, 1.82) is 0 Å². The van der Waals surface area contributed by atoms with Gasteiger partial charge in [-0.05, 0) is 54.8 Å². The van der Waals surface area contributed by atoms with Crippen LogP contribution in [0.15, 0.2) is 78.6 Å². The third kappa shape index (κ3) is 6.62. The van der Waals surface area contributed by atoms with Crippen molar-refractivity contribution in [1.82, 2.24) is 15.5 Å². The van der Waals surface area contributed by atoms with E-state index in [9.17, 15) is 9.59 Å². The van der Waals surface area contributed by atoms with Gasteiger partial charge in [0.25, 0.3) is 0 Å². The largest absolute Gasteiger partial charge is 0.371 e. The van der Waals surface area contributed by atoms with Crippen LogP contribution in [0, 0.1) is 0 Å². The summed E-state index contributed by atoms with van der Waals surface area (Å²) in [5.74, 6) is -0.254. The molecule has 0 bridgehead atoms. The molecule has 1 atom stereocenters. The van der Waals surface area contributed by atoms with Gasteiger partial charge in [-0.3, -0.25) is 4.79 Å². The number of carbonyl (C=O) groups excluding carboxylic acids is 2. The van der Waals surface area contributed by atoms with E-state index in [-0.39, 0.29) is 5.91 Å². The van der Waals surface area contributed by atoms with Gasteiger partial charge < -0.3 is 20.9 Å². The van der Waals surface area contributed by atoms with Crippen molar-refractivity contribution < 1.29 is 9.59 Å². The number of urea groups is 1. The molecule has 7 heteroatoms. The molecule has 4 rings (SSSR count). The Balaban J connectivity index is 1.39. The number of allylic oxidation sites excluding steroid dienone is 1. The van der Waals surface area contributed by atoms with E-state index in [2.05, 4.69) is 27.1 Å². The molecule has 3 amide bonds. The van der Waals surface area contributed by atoms with Gasteiger partial charge in [-0.2, -0.15) is 0 Å². The van der Waals surface area contributed by atoms with Gasteiger partial charge in [-0.25, -0.2) is 4.79 Å². The summed E-state index contributed by atoms with van der Waals surface area (Å²) in [4.78, 5) is 28.1. The number of hydrogen-bond donors (Lipinski definition) is 3. The molecule has 1 fully saturated rings. The number of hydrogen-bond acceptors (Lipinski definition) is 3. The topological polar surface area (TPSA) is 73.5 Å². The Bertz CT molecular complexity index is 1010. The number of amides is 3. The summed E-state index contributed by atoms with van der Waals surface area (Å²) in [6, 6.07) is 15.9. The smallest absolute Gasteiger partial charge is 0.319 e. The first-order chi connectivity index (χ1) is 16.1. The van der Waals surface area contributed by atoms with E-state index < -0.39 is 12.1 Å². The van der Waals surface area contributed by atoms with E-state index >= 15 is 0 Å². The van der Waals surface area contributed by atoms with E-state index in [0.29, 0.717) is 23.2 Å². The van der Waals surface area contributed by atoms with Crippen LogP contribution < -0.4 is 16.0 Å². The predicted octanol–water partition coefficient (Wildman–Crippen LogP) is 4.84. The van der Waals surface area contributed by atoms with Crippen molar-refractivity contribution in [2.75, 3.05) is 11.9 Å². The van der Waals surface area contributed by atoms with Crippen LogP contribution in [-0.2, 0) is 11.2 Å². The first-order valence-corrected chi connectivity index (χ1v) is 11.8. The minimum atomic E-state index is -0.734. The Kier molecular flexibility index (Phi) is 7.68. The highest BCUT2D eigenvalue weighted by Gasteiger charge is 2.24. The third-order valence-electron chi connectivity index (χ3n) is 6.04. The zero-order chi connectivity index (χ0) is 23.0. The molecule has 1 aliphatic heterocycles. The van der Waals surface area contributed by atoms with Crippen molar-refractivity contribution in [3.8, 4) is 0 Å². The fourth-order valence-corrected chi connectivity index (χ4v) is 4.38. The number of nitrogens with one attached hydrogen (secondary N) is 3. The molecule has 3 N–H and O–H groups in total. The normalized spacial score (nSPS) is 16.8. The molecule has 2 aromatic rings. The lowest BCUT2D eigenvalue weighted by molar-refractivity contribution is -0.122. The molecule has 0 saturated heterocycles. The minimum Gasteiger partial charge on any atom is -0.371 e. The van der Waals surface area contributed by atoms with E-state index in [0.717, 1.165) is 17.8 Å². The summed E-state index contributed by atoms with van der Waals surface area (Å²) in [6.07, 6.45) is 11.4. The SMILES string of the molecule is O=C(Nc1ccc(Cl)cc1)N[C@@H](Cc1ccccc1)C(=O)NC1=CCN(C2CCCC2)C=C1. The van der Waals surface area contributed by atoms with Crippen LogP contribution in [0.2, 0.25) is 5.02 Å². The van der Waals surface area contributed by atoms with Crippen molar-refractivity contribution in [2.45, 2.75) is 44.2 Å². The zero-order valence-corrected chi connectivity index (χ0v) is 19.2. The molecule has 1 saturated carbocycles. The first-order valence-electron chi connectivity index (χ1n) is 11.4. The number of carbonyl (C=O) groups is 2. The van der Waals surface area contributed by atoms with Gasteiger partial charge in [0.1, 0.15) is 6.04 Å². The minimum absolute atomic E-state index is 0.254. The molecule has 0 aromatic heterocycles. The second-order valence-electron chi connectivity index (χ2n) is 8.45. The van der Waals surface area contributed by atoms with E-state index in [1.54, 1.807) is 24.3 Å². The van der Waals surface area contributed by atoms with E-state index in [1.807, 2.05) is 42.5 Å². The fourth-order valence-electron chi connectivity index (χ4n) is 4.26. The summed E-state index contributed by atoms with van der Waals surface area (Å²) in [6.45, 7) is 0.782. The summed E-state index contributed by atoms with van der Waals surface area (Å²) < 4.78 is 0. The van der Waals surface area contributed by atoms with Crippen molar-refractivity contribution in [2.24, 2.45) is 0 Å². The zero-order valence-electron chi connectivity index (χ0n) is 18.5. The fraction of sp³-hybridized carbons (Fsp3) is 0.308. The maximum atomic E-state index is 13.1. The molecule has 2 aliphatic rings. The average Bonchev–Trinajstić information content (AvgIpc) is 3.36. The van der Waals surface area contributed by atoms with Crippen LogP contribution in [0.5, 0.6) is 0 Å². The Hall–Kier alpha value is -3.25. The highest BCUT2D eigenvalue weighted by atomic mass is 35.5. The van der Waals surface area contributed by atoms with Crippen LogP contribution in [-0.4, -0.2) is 35.5 Å². The van der Waals surface area contributed by atoms with Gasteiger partial charge in [0.15, 0.2) is 0 Å². The monoisotopic (exact) mass is 464 g/mol. The third-order valence-corrected chi connectivity index (χ3v) is 6.29. The highest BCUT2D eigenvalue weighted by Crippen LogP contribution is 2.25. The van der Waals surface area contributed by atoms with Crippen molar-refractivity contribution in [3.63, 3.8) is 0 Å². The summed E-state index contributed by atoms with van der Waals surface area (Å²) in [5.41, 5.74) is 2.32. The van der Waals surface area contributed by atoms with E-state index in [4.69, 9.17) is 11.6 Å². The second-order valence-corrected chi connectivity index (χ2v) is 8.88. The lowest BCUT2D eigenvalue weighted by Gasteiger charge is -2.29. The Morgan fingerprint density at radius 3 is 2.39 bits per heavy atom. The van der Waals surface area contributed by atoms with Crippen LogP contribution in [0.4, 0.5) is 10.5 Å². The molecule has 0 radical (unpaired) electrons. The Morgan fingerprint density at radius 2 is 1.73 bits per heavy atom. The number of nitrogens with zero attached hydrogens (tertiary/aromatic N) is 1. The Morgan fingerprint density at radius 1 is 1.00 bits per heavy atom. The summed E-state index contributed by atoms with van der Waals surface area (Å²) in [5, 5.41) is 9.13. The van der Waals surface area contributed by atoms with Crippen LogP contribution in [0.25, 0.3) is 0 Å². The maximum Gasteiger partial charge on any atom is 0.319 e. The standard InChI is InChI=1S/C26H29ClN4O2/c27-20-10-12-21(13-11-20)29-26(33)30-24(18-19-6-2-1-3-7-19)25(32)28-22-14-16-31(17-15-22)23-8-4-5-9-23/h1-3,6-7,10-16,23-24H,4-5,8-9,17-18H2,(H,28,32)(H2,29,30,33)/t24-/m0/s1. The molecule has 2 aromatic carbocycles. The van der Waals surface area contributed by atoms with Gasteiger partial charge in [0.2, 0.25) is 5.91 Å². The Labute approximate surface area is 199 Å². The van der Waals surface area contributed by atoms with Crippen molar-refractivity contribution in [3.05, 3.63) is 89.2 Å². The van der Waals surface area contributed by atoms with Crippen LogP contribution >= 0.6 is 11.6 Å². The first kappa shape index (κ1) is 22.9. The second kappa shape index (κ2) is 11.1. The quantitative estimate of drug-likeness (QED) is 0.548. The molecule has 0 unspecified atom stereocenters. The molecular weight excluding hydrogens is 436 g/mol. The lowest BCUT2D eigenvalue weighted by Crippen LogP contribution is -2.49. The average molecular weight is 465 g/mol. The van der Waals surface area contributed by atoms with Gasteiger partial charge in [-0.15, -0.1) is 0 Å². The van der Waals surface area contributed by atoms with Crippen LogP contribution in [0.3, 0.4) is 0 Å². The number of benzene rings is 2.